The van der Waals surface area contributed by atoms with Crippen molar-refractivity contribution in [1.82, 2.24) is 9.97 Å². The molecule has 0 bridgehead atoms. The molecule has 5 nitrogen and oxygen atoms in total. The summed E-state index contributed by atoms with van der Waals surface area (Å²) in [4.78, 5) is 12.4. The topological polar surface area (TPSA) is 67.1 Å². The molecule has 3 aromatic heterocycles. The molecule has 0 fully saturated rings. The predicted molar refractivity (Wildman–Crippen MR) is 86.5 cm³/mol. The molecule has 3 rings (SSSR count). The zero-order valence-corrected chi connectivity index (χ0v) is 12.7. The van der Waals surface area contributed by atoms with E-state index in [2.05, 4.69) is 44.9 Å². The summed E-state index contributed by atoms with van der Waals surface area (Å²) in [5, 5.41) is 4.13. The summed E-state index contributed by atoms with van der Waals surface area (Å²) in [6.07, 6.45) is 1.01. The first-order valence-corrected chi connectivity index (χ1v) is 7.99. The maximum Gasteiger partial charge on any atom is 0.239 e. The third kappa shape index (κ3) is 2.60. The van der Waals surface area contributed by atoms with E-state index in [1.54, 1.807) is 22.7 Å². The first-order valence-electron chi connectivity index (χ1n) is 6.23. The van der Waals surface area contributed by atoms with Crippen molar-refractivity contribution in [2.24, 2.45) is 5.84 Å². The van der Waals surface area contributed by atoms with Crippen LogP contribution in [0, 0.1) is 0 Å². The second-order valence-electron chi connectivity index (χ2n) is 4.40. The monoisotopic (exact) mass is 305 g/mol. The van der Waals surface area contributed by atoms with E-state index in [-0.39, 0.29) is 0 Å². The lowest BCUT2D eigenvalue weighted by Gasteiger charge is -2.18. The van der Waals surface area contributed by atoms with Gasteiger partial charge in [0.15, 0.2) is 5.82 Å². The molecule has 0 amide bonds. The number of nitrogens with one attached hydrogen (secondary N) is 1. The van der Waals surface area contributed by atoms with Crippen molar-refractivity contribution in [1.29, 1.82) is 0 Å². The number of hydrazine groups is 1. The second kappa shape index (κ2) is 5.74. The fourth-order valence-corrected chi connectivity index (χ4v) is 3.58. The van der Waals surface area contributed by atoms with Gasteiger partial charge in [0.2, 0.25) is 5.95 Å². The van der Waals surface area contributed by atoms with Gasteiger partial charge in [-0.15, -0.1) is 22.7 Å². The van der Waals surface area contributed by atoms with Crippen LogP contribution in [0.4, 0.5) is 11.8 Å². The van der Waals surface area contributed by atoms with E-state index in [1.807, 2.05) is 11.4 Å². The van der Waals surface area contributed by atoms with Crippen molar-refractivity contribution in [3.63, 3.8) is 0 Å². The Bertz CT molecular complexity index is 692. The van der Waals surface area contributed by atoms with Crippen molar-refractivity contribution in [2.45, 2.75) is 6.42 Å². The number of fused-ring (bicyclic) bond motifs is 1. The normalized spacial score (nSPS) is 10.9. The Morgan fingerprint density at radius 1 is 1.25 bits per heavy atom. The molecule has 0 saturated heterocycles. The number of nitrogens with zero attached hydrogens (tertiary/aromatic N) is 3. The number of likely N-dealkylation sites (N-methyl/N-ethyl adjacent to an activating group) is 1. The lowest BCUT2D eigenvalue weighted by molar-refractivity contribution is 0.872. The van der Waals surface area contributed by atoms with Crippen molar-refractivity contribution in [3.8, 4) is 0 Å². The summed E-state index contributed by atoms with van der Waals surface area (Å²) in [5.74, 6) is 6.82. The average molecular weight is 305 g/mol. The fraction of sp³-hybridized carbons (Fsp3) is 0.231. The first kappa shape index (κ1) is 13.3. The number of hydrogen-bond acceptors (Lipinski definition) is 7. The number of thiophene rings is 2. The molecule has 0 aliphatic carbocycles. The summed E-state index contributed by atoms with van der Waals surface area (Å²) in [6.45, 7) is 0.911. The molecule has 0 atom stereocenters. The quantitative estimate of drug-likeness (QED) is 0.560. The summed E-state index contributed by atoms with van der Waals surface area (Å²) < 4.78 is 1.10. The Labute approximate surface area is 125 Å². The van der Waals surface area contributed by atoms with Crippen LogP contribution in [0.15, 0.2) is 29.0 Å². The molecular formula is C13H15N5S2. The van der Waals surface area contributed by atoms with Crippen LogP contribution in [0.1, 0.15) is 4.88 Å². The standard InChI is InChI=1S/C13H15N5S2/c1-18(6-4-9-3-2-7-19-9)12-11-10(5-8-20-11)15-13(16-12)17-14/h2-3,5,7-8H,4,6,14H2,1H3,(H,15,16,17). The van der Waals surface area contributed by atoms with E-state index in [4.69, 9.17) is 5.84 Å². The lowest BCUT2D eigenvalue weighted by atomic mass is 10.3. The molecule has 0 saturated carbocycles. The van der Waals surface area contributed by atoms with Gasteiger partial charge in [0.05, 0.1) is 10.2 Å². The Hall–Kier alpha value is -1.70. The van der Waals surface area contributed by atoms with Crippen molar-refractivity contribution in [2.75, 3.05) is 23.9 Å². The van der Waals surface area contributed by atoms with E-state index in [9.17, 15) is 0 Å². The maximum absolute atomic E-state index is 5.44. The van der Waals surface area contributed by atoms with Gasteiger partial charge in [0.25, 0.3) is 0 Å². The number of nitrogen functional groups attached to an aromatic ring is 1. The van der Waals surface area contributed by atoms with E-state index < -0.39 is 0 Å². The zero-order valence-electron chi connectivity index (χ0n) is 11.0. The minimum atomic E-state index is 0.453. The largest absolute Gasteiger partial charge is 0.358 e. The molecule has 0 unspecified atom stereocenters. The number of rotatable bonds is 5. The molecule has 3 N–H and O–H groups in total. The van der Waals surface area contributed by atoms with Crippen molar-refractivity contribution < 1.29 is 0 Å². The Balaban J connectivity index is 1.86. The number of anilines is 2. The molecule has 0 spiro atoms. The molecule has 0 aliphatic heterocycles. The second-order valence-corrected chi connectivity index (χ2v) is 6.35. The summed E-state index contributed by atoms with van der Waals surface area (Å²) in [6, 6.07) is 6.23. The minimum absolute atomic E-state index is 0.453. The van der Waals surface area contributed by atoms with Crippen molar-refractivity contribution in [3.05, 3.63) is 33.8 Å². The molecule has 0 aliphatic rings. The maximum atomic E-state index is 5.44. The molecule has 3 aromatic rings. The Morgan fingerprint density at radius 3 is 2.90 bits per heavy atom. The first-order chi connectivity index (χ1) is 9.78. The van der Waals surface area contributed by atoms with Gasteiger partial charge >= 0.3 is 0 Å². The highest BCUT2D eigenvalue weighted by Gasteiger charge is 2.12. The van der Waals surface area contributed by atoms with Crippen LogP contribution in [-0.2, 0) is 6.42 Å². The van der Waals surface area contributed by atoms with Crippen LogP contribution in [0.3, 0.4) is 0 Å². The lowest BCUT2D eigenvalue weighted by Crippen LogP contribution is -2.22. The number of hydrogen-bond donors (Lipinski definition) is 2. The number of aromatic nitrogens is 2. The van der Waals surface area contributed by atoms with E-state index >= 15 is 0 Å². The summed E-state index contributed by atoms with van der Waals surface area (Å²) in [7, 11) is 2.05. The van der Waals surface area contributed by atoms with Gasteiger partial charge in [-0.2, -0.15) is 4.98 Å². The highest BCUT2D eigenvalue weighted by Crippen LogP contribution is 2.29. The molecular weight excluding hydrogens is 290 g/mol. The van der Waals surface area contributed by atoms with Crippen LogP contribution in [0.25, 0.3) is 10.2 Å². The van der Waals surface area contributed by atoms with Gasteiger partial charge in [-0.25, -0.2) is 10.8 Å². The van der Waals surface area contributed by atoms with Gasteiger partial charge in [-0.1, -0.05) is 6.07 Å². The minimum Gasteiger partial charge on any atom is -0.358 e. The number of nitrogens with two attached hydrogens (primary N) is 1. The van der Waals surface area contributed by atoms with Crippen LogP contribution in [0.2, 0.25) is 0 Å². The van der Waals surface area contributed by atoms with E-state index in [0.29, 0.717) is 5.95 Å². The van der Waals surface area contributed by atoms with Crippen LogP contribution < -0.4 is 16.2 Å². The molecule has 0 radical (unpaired) electrons. The summed E-state index contributed by atoms with van der Waals surface area (Å²) >= 11 is 3.44. The summed E-state index contributed by atoms with van der Waals surface area (Å²) in [5.41, 5.74) is 3.46. The predicted octanol–water partition coefficient (Wildman–Crippen LogP) is 2.72. The highest BCUT2D eigenvalue weighted by molar-refractivity contribution is 7.17. The van der Waals surface area contributed by atoms with Gasteiger partial charge in [0, 0.05) is 18.5 Å². The van der Waals surface area contributed by atoms with Gasteiger partial charge in [0.1, 0.15) is 0 Å². The molecule has 20 heavy (non-hydrogen) atoms. The SMILES string of the molecule is CN(CCc1cccs1)c1nc(NN)nc2ccsc12. The Kier molecular flexibility index (Phi) is 3.81. The Morgan fingerprint density at radius 2 is 2.15 bits per heavy atom. The van der Waals surface area contributed by atoms with E-state index in [0.717, 1.165) is 29.0 Å². The third-order valence-corrected chi connectivity index (χ3v) is 4.89. The highest BCUT2D eigenvalue weighted by atomic mass is 32.1. The van der Waals surface area contributed by atoms with Crippen LogP contribution in [-0.4, -0.2) is 23.6 Å². The van der Waals surface area contributed by atoms with Crippen LogP contribution >= 0.6 is 22.7 Å². The molecule has 0 aromatic carbocycles. The molecule has 3 heterocycles. The van der Waals surface area contributed by atoms with Crippen LogP contribution in [0.5, 0.6) is 0 Å². The van der Waals surface area contributed by atoms with Gasteiger partial charge in [-0.3, -0.25) is 5.43 Å². The molecule has 104 valence electrons. The van der Waals surface area contributed by atoms with Crippen molar-refractivity contribution >= 4 is 44.7 Å². The zero-order chi connectivity index (χ0) is 13.9. The van der Waals surface area contributed by atoms with Gasteiger partial charge in [-0.05, 0) is 29.3 Å². The molecule has 7 heteroatoms. The smallest absolute Gasteiger partial charge is 0.239 e. The average Bonchev–Trinajstić information content (AvgIpc) is 3.14. The fourth-order valence-electron chi connectivity index (χ4n) is 2.01. The van der Waals surface area contributed by atoms with Gasteiger partial charge < -0.3 is 4.90 Å². The van der Waals surface area contributed by atoms with E-state index in [1.165, 1.54) is 4.88 Å². The third-order valence-electron chi connectivity index (χ3n) is 3.05.